The molecule has 160 valence electrons. The molecule has 0 saturated heterocycles. The molecule has 0 aliphatic carbocycles. The van der Waals surface area contributed by atoms with Crippen LogP contribution in [-0.4, -0.2) is 43.6 Å². The van der Waals surface area contributed by atoms with Gasteiger partial charge in [-0.25, -0.2) is 0 Å². The Kier molecular flexibility index (Phi) is 8.68. The fourth-order valence-corrected chi connectivity index (χ4v) is 2.50. The number of carbonyl (C=O) groups excluding carboxylic acids is 3. The lowest BCUT2D eigenvalue weighted by atomic mass is 10.2. The standard InChI is InChI=1S/C22H26N2O6/c1-4-28-17-12-10-16(11-13-17)22(27)23-14-20(25)30-15(3)21(26)24-18-8-6-7-9-19(18)29-5-2/h6-13,15H,4-5,14H2,1-3H3,(H,23,27)(H,24,26)/t15-/m0/s1. The highest BCUT2D eigenvalue weighted by molar-refractivity contribution is 5.98. The summed E-state index contributed by atoms with van der Waals surface area (Å²) >= 11 is 0. The minimum atomic E-state index is -1.05. The second-order valence-electron chi connectivity index (χ2n) is 6.19. The highest BCUT2D eigenvalue weighted by Gasteiger charge is 2.19. The maximum absolute atomic E-state index is 12.3. The van der Waals surface area contributed by atoms with Crippen LogP contribution in [0.4, 0.5) is 5.69 Å². The third-order valence-electron chi connectivity index (χ3n) is 3.94. The molecule has 8 nitrogen and oxygen atoms in total. The number of hydrogen-bond donors (Lipinski definition) is 2. The first-order chi connectivity index (χ1) is 14.4. The molecular weight excluding hydrogens is 388 g/mol. The van der Waals surface area contributed by atoms with E-state index in [1.807, 2.05) is 13.8 Å². The van der Waals surface area contributed by atoms with Gasteiger partial charge in [-0.2, -0.15) is 0 Å². The number of hydrogen-bond acceptors (Lipinski definition) is 6. The summed E-state index contributed by atoms with van der Waals surface area (Å²) in [6, 6.07) is 13.5. The Bertz CT molecular complexity index is 866. The van der Waals surface area contributed by atoms with Gasteiger partial charge in [0.15, 0.2) is 6.10 Å². The second kappa shape index (κ2) is 11.5. The summed E-state index contributed by atoms with van der Waals surface area (Å²) in [7, 11) is 0. The number of ether oxygens (including phenoxy) is 3. The minimum Gasteiger partial charge on any atom is -0.494 e. The Labute approximate surface area is 175 Å². The summed E-state index contributed by atoms with van der Waals surface area (Å²) in [5, 5.41) is 5.13. The first-order valence-electron chi connectivity index (χ1n) is 9.67. The van der Waals surface area contributed by atoms with Crippen molar-refractivity contribution in [3.8, 4) is 11.5 Å². The van der Waals surface area contributed by atoms with E-state index in [1.54, 1.807) is 48.5 Å². The van der Waals surface area contributed by atoms with Crippen LogP contribution >= 0.6 is 0 Å². The van der Waals surface area contributed by atoms with Gasteiger partial charge in [-0.15, -0.1) is 0 Å². The molecule has 0 saturated carbocycles. The van der Waals surface area contributed by atoms with Crippen molar-refractivity contribution in [2.75, 3.05) is 25.1 Å². The number of para-hydroxylation sites is 2. The monoisotopic (exact) mass is 414 g/mol. The van der Waals surface area contributed by atoms with Gasteiger partial charge in [-0.3, -0.25) is 14.4 Å². The number of rotatable bonds is 10. The normalized spacial score (nSPS) is 11.2. The van der Waals surface area contributed by atoms with E-state index >= 15 is 0 Å². The largest absolute Gasteiger partial charge is 0.494 e. The van der Waals surface area contributed by atoms with Crippen LogP contribution in [-0.2, 0) is 14.3 Å². The number of esters is 1. The van der Waals surface area contributed by atoms with Gasteiger partial charge in [0.25, 0.3) is 11.8 Å². The van der Waals surface area contributed by atoms with Crippen molar-refractivity contribution < 1.29 is 28.6 Å². The van der Waals surface area contributed by atoms with E-state index in [0.29, 0.717) is 36.0 Å². The fraction of sp³-hybridized carbons (Fsp3) is 0.318. The van der Waals surface area contributed by atoms with E-state index in [9.17, 15) is 14.4 Å². The quantitative estimate of drug-likeness (QED) is 0.580. The molecule has 2 N–H and O–H groups in total. The number of nitrogens with one attached hydrogen (secondary N) is 2. The molecule has 0 radical (unpaired) electrons. The first-order valence-corrected chi connectivity index (χ1v) is 9.67. The van der Waals surface area contributed by atoms with Crippen LogP contribution in [0.25, 0.3) is 0 Å². The maximum atomic E-state index is 12.3. The minimum absolute atomic E-state index is 0.362. The Morgan fingerprint density at radius 3 is 2.27 bits per heavy atom. The summed E-state index contributed by atoms with van der Waals surface area (Å²) in [5.74, 6) is -0.491. The number of anilines is 1. The molecule has 0 aromatic heterocycles. The molecular formula is C22H26N2O6. The van der Waals surface area contributed by atoms with Crippen LogP contribution in [0.2, 0.25) is 0 Å². The summed E-state index contributed by atoms with van der Waals surface area (Å²) in [4.78, 5) is 36.4. The summed E-state index contributed by atoms with van der Waals surface area (Å²) in [5.41, 5.74) is 0.862. The second-order valence-corrected chi connectivity index (χ2v) is 6.19. The lowest BCUT2D eigenvalue weighted by Crippen LogP contribution is -2.35. The van der Waals surface area contributed by atoms with Crippen LogP contribution in [0.3, 0.4) is 0 Å². The lowest BCUT2D eigenvalue weighted by Gasteiger charge is -2.16. The van der Waals surface area contributed by atoms with Crippen LogP contribution in [0.1, 0.15) is 31.1 Å². The number of carbonyl (C=O) groups is 3. The van der Waals surface area contributed by atoms with Gasteiger partial charge in [-0.05, 0) is 57.2 Å². The van der Waals surface area contributed by atoms with E-state index in [0.717, 1.165) is 0 Å². The van der Waals surface area contributed by atoms with Crippen molar-refractivity contribution >= 4 is 23.5 Å². The molecule has 0 unspecified atom stereocenters. The molecule has 0 fully saturated rings. The van der Waals surface area contributed by atoms with Crippen molar-refractivity contribution in [1.82, 2.24) is 5.32 Å². The molecule has 0 aliphatic heterocycles. The van der Waals surface area contributed by atoms with Gasteiger partial charge < -0.3 is 24.8 Å². The van der Waals surface area contributed by atoms with Gasteiger partial charge in [0.1, 0.15) is 18.0 Å². The Hall–Kier alpha value is -3.55. The van der Waals surface area contributed by atoms with E-state index in [-0.39, 0.29) is 6.54 Å². The highest BCUT2D eigenvalue weighted by atomic mass is 16.5. The zero-order chi connectivity index (χ0) is 21.9. The summed E-state index contributed by atoms with van der Waals surface area (Å²) in [6.45, 7) is 5.77. The molecule has 0 bridgehead atoms. The summed E-state index contributed by atoms with van der Waals surface area (Å²) in [6.07, 6.45) is -1.05. The van der Waals surface area contributed by atoms with Crippen LogP contribution in [0.5, 0.6) is 11.5 Å². The zero-order valence-electron chi connectivity index (χ0n) is 17.3. The van der Waals surface area contributed by atoms with Crippen molar-refractivity contribution in [1.29, 1.82) is 0 Å². The van der Waals surface area contributed by atoms with Gasteiger partial charge in [0.05, 0.1) is 18.9 Å². The first kappa shape index (κ1) is 22.7. The van der Waals surface area contributed by atoms with E-state index in [2.05, 4.69) is 10.6 Å². The van der Waals surface area contributed by atoms with E-state index in [1.165, 1.54) is 6.92 Å². The molecule has 30 heavy (non-hydrogen) atoms. The molecule has 1 atom stereocenters. The van der Waals surface area contributed by atoms with Gasteiger partial charge in [0.2, 0.25) is 0 Å². The molecule has 2 rings (SSSR count). The predicted octanol–water partition coefficient (Wildman–Crippen LogP) is 2.78. The van der Waals surface area contributed by atoms with Crippen molar-refractivity contribution in [2.24, 2.45) is 0 Å². The van der Waals surface area contributed by atoms with Crippen LogP contribution in [0, 0.1) is 0 Å². The molecule has 2 aromatic rings. The molecule has 0 aliphatic rings. The Morgan fingerprint density at radius 1 is 0.933 bits per heavy atom. The fourth-order valence-electron chi connectivity index (χ4n) is 2.50. The third-order valence-corrected chi connectivity index (χ3v) is 3.94. The number of amides is 2. The molecule has 2 aromatic carbocycles. The lowest BCUT2D eigenvalue weighted by molar-refractivity contribution is -0.152. The predicted molar refractivity (Wildman–Crippen MR) is 112 cm³/mol. The van der Waals surface area contributed by atoms with Crippen molar-refractivity contribution in [3.05, 3.63) is 54.1 Å². The smallest absolute Gasteiger partial charge is 0.326 e. The average molecular weight is 414 g/mol. The topological polar surface area (TPSA) is 103 Å². The third kappa shape index (κ3) is 6.80. The van der Waals surface area contributed by atoms with E-state index in [4.69, 9.17) is 14.2 Å². The van der Waals surface area contributed by atoms with Crippen molar-refractivity contribution in [3.63, 3.8) is 0 Å². The SMILES string of the molecule is CCOc1ccc(C(=O)NCC(=O)O[C@@H](C)C(=O)Nc2ccccc2OCC)cc1. The van der Waals surface area contributed by atoms with Gasteiger partial charge >= 0.3 is 5.97 Å². The van der Waals surface area contributed by atoms with Crippen LogP contribution < -0.4 is 20.1 Å². The highest BCUT2D eigenvalue weighted by Crippen LogP contribution is 2.23. The maximum Gasteiger partial charge on any atom is 0.326 e. The average Bonchev–Trinajstić information content (AvgIpc) is 2.74. The summed E-state index contributed by atoms with van der Waals surface area (Å²) < 4.78 is 15.9. The molecule has 0 spiro atoms. The Morgan fingerprint density at radius 2 is 1.60 bits per heavy atom. The van der Waals surface area contributed by atoms with Gasteiger partial charge in [-0.1, -0.05) is 12.1 Å². The zero-order valence-corrected chi connectivity index (χ0v) is 17.3. The molecule has 8 heteroatoms. The van der Waals surface area contributed by atoms with E-state index < -0.39 is 23.9 Å². The van der Waals surface area contributed by atoms with Crippen molar-refractivity contribution in [2.45, 2.75) is 26.9 Å². The van der Waals surface area contributed by atoms with Gasteiger partial charge in [0, 0.05) is 5.56 Å². The molecule has 0 heterocycles. The molecule has 2 amide bonds. The van der Waals surface area contributed by atoms with Crippen LogP contribution in [0.15, 0.2) is 48.5 Å². The number of benzene rings is 2. The Balaban J connectivity index is 1.82.